The number of morpholine rings is 1. The molecule has 18 heavy (non-hydrogen) atoms. The van der Waals surface area contributed by atoms with Crippen LogP contribution in [0.5, 0.6) is 11.5 Å². The summed E-state index contributed by atoms with van der Waals surface area (Å²) in [5.74, 6) is 1.71. The Morgan fingerprint density at radius 1 is 1.11 bits per heavy atom. The summed E-state index contributed by atoms with van der Waals surface area (Å²) in [5.41, 5.74) is 1.26. The topological polar surface area (TPSA) is 30.9 Å². The summed E-state index contributed by atoms with van der Waals surface area (Å²) in [6.07, 6.45) is 0.616. The van der Waals surface area contributed by atoms with Crippen molar-refractivity contribution in [2.24, 2.45) is 0 Å². The molecule has 2 atom stereocenters. The van der Waals surface area contributed by atoms with Gasteiger partial charge in [0.15, 0.2) is 11.5 Å². The van der Waals surface area contributed by atoms with Crippen molar-refractivity contribution in [2.75, 3.05) is 19.9 Å². The van der Waals surface area contributed by atoms with Crippen LogP contribution in [0.2, 0.25) is 0 Å². The molecule has 2 aliphatic heterocycles. The van der Waals surface area contributed by atoms with Gasteiger partial charge < -0.3 is 14.2 Å². The van der Waals surface area contributed by atoms with Gasteiger partial charge in [0.05, 0.1) is 12.2 Å². The van der Waals surface area contributed by atoms with Crippen molar-refractivity contribution in [1.82, 2.24) is 4.90 Å². The third-order valence-electron chi connectivity index (χ3n) is 3.34. The summed E-state index contributed by atoms with van der Waals surface area (Å²) < 4.78 is 16.5. The van der Waals surface area contributed by atoms with Crippen molar-refractivity contribution >= 4 is 0 Å². The molecule has 0 aromatic heterocycles. The van der Waals surface area contributed by atoms with Crippen molar-refractivity contribution in [3.8, 4) is 11.5 Å². The molecule has 1 aromatic carbocycles. The second-order valence-corrected chi connectivity index (χ2v) is 5.14. The van der Waals surface area contributed by atoms with Gasteiger partial charge in [-0.2, -0.15) is 0 Å². The number of nitrogens with zero attached hydrogens (tertiary/aromatic N) is 1. The van der Waals surface area contributed by atoms with Crippen LogP contribution in [0.15, 0.2) is 18.2 Å². The summed E-state index contributed by atoms with van der Waals surface area (Å²) in [6, 6.07) is 6.18. The van der Waals surface area contributed by atoms with E-state index in [1.54, 1.807) is 0 Å². The molecular weight excluding hydrogens is 230 g/mol. The smallest absolute Gasteiger partial charge is 0.231 e. The molecule has 1 saturated heterocycles. The quantitative estimate of drug-likeness (QED) is 0.802. The van der Waals surface area contributed by atoms with Gasteiger partial charge in [-0.05, 0) is 31.5 Å². The Bertz CT molecular complexity index is 425. The van der Waals surface area contributed by atoms with E-state index < -0.39 is 0 Å². The number of ether oxygens (including phenoxy) is 3. The number of benzene rings is 1. The van der Waals surface area contributed by atoms with E-state index in [-0.39, 0.29) is 0 Å². The van der Waals surface area contributed by atoms with Gasteiger partial charge in [0.1, 0.15) is 0 Å². The molecule has 1 fully saturated rings. The first-order chi connectivity index (χ1) is 8.70. The van der Waals surface area contributed by atoms with Gasteiger partial charge in [-0.3, -0.25) is 4.90 Å². The van der Waals surface area contributed by atoms with E-state index in [2.05, 4.69) is 30.9 Å². The van der Waals surface area contributed by atoms with Gasteiger partial charge in [0.25, 0.3) is 0 Å². The van der Waals surface area contributed by atoms with Crippen LogP contribution in [0, 0.1) is 0 Å². The predicted octanol–water partition coefficient (Wildman–Crippen LogP) is 2.02. The average Bonchev–Trinajstić information content (AvgIpc) is 2.74. The fraction of sp³-hybridized carbons (Fsp3) is 0.571. The Morgan fingerprint density at radius 2 is 1.83 bits per heavy atom. The van der Waals surface area contributed by atoms with E-state index in [0.29, 0.717) is 19.0 Å². The molecule has 4 nitrogen and oxygen atoms in total. The van der Waals surface area contributed by atoms with E-state index in [0.717, 1.165) is 31.1 Å². The normalized spacial score (nSPS) is 27.4. The van der Waals surface area contributed by atoms with Crippen LogP contribution in [0.1, 0.15) is 19.4 Å². The molecule has 3 rings (SSSR count). The Kier molecular flexibility index (Phi) is 3.14. The monoisotopic (exact) mass is 249 g/mol. The van der Waals surface area contributed by atoms with E-state index in [1.165, 1.54) is 5.56 Å². The fourth-order valence-electron chi connectivity index (χ4n) is 2.71. The number of hydrogen-bond acceptors (Lipinski definition) is 4. The summed E-state index contributed by atoms with van der Waals surface area (Å²) in [4.78, 5) is 2.43. The van der Waals surface area contributed by atoms with Crippen molar-refractivity contribution in [3.63, 3.8) is 0 Å². The Morgan fingerprint density at radius 3 is 2.61 bits per heavy atom. The number of rotatable bonds is 2. The largest absolute Gasteiger partial charge is 0.454 e. The molecule has 1 aromatic rings. The van der Waals surface area contributed by atoms with Crippen LogP contribution in [-0.2, 0) is 11.3 Å². The van der Waals surface area contributed by atoms with Crippen LogP contribution in [-0.4, -0.2) is 37.0 Å². The van der Waals surface area contributed by atoms with Crippen LogP contribution in [0.3, 0.4) is 0 Å². The minimum absolute atomic E-state index is 0.308. The first-order valence-electron chi connectivity index (χ1n) is 6.47. The average molecular weight is 249 g/mol. The highest BCUT2D eigenvalue weighted by Gasteiger charge is 2.22. The Labute approximate surface area is 107 Å². The van der Waals surface area contributed by atoms with E-state index in [1.807, 2.05) is 6.07 Å². The standard InChI is InChI=1S/C14H19NO3/c1-10-6-15(7-11(2)18-10)8-12-3-4-13-14(5-12)17-9-16-13/h3-5,10-11H,6-9H2,1-2H3. The van der Waals surface area contributed by atoms with Crippen molar-refractivity contribution in [3.05, 3.63) is 23.8 Å². The summed E-state index contributed by atoms with van der Waals surface area (Å²) >= 11 is 0. The maximum absolute atomic E-state index is 5.74. The number of hydrogen-bond donors (Lipinski definition) is 0. The minimum atomic E-state index is 0.308. The first kappa shape index (κ1) is 11.8. The van der Waals surface area contributed by atoms with Gasteiger partial charge in [0.2, 0.25) is 6.79 Å². The minimum Gasteiger partial charge on any atom is -0.454 e. The second-order valence-electron chi connectivity index (χ2n) is 5.14. The molecule has 98 valence electrons. The zero-order chi connectivity index (χ0) is 12.5. The molecule has 0 radical (unpaired) electrons. The van der Waals surface area contributed by atoms with Crippen LogP contribution in [0.4, 0.5) is 0 Å². The van der Waals surface area contributed by atoms with Gasteiger partial charge in [0, 0.05) is 19.6 Å². The lowest BCUT2D eigenvalue weighted by Gasteiger charge is -2.35. The summed E-state index contributed by atoms with van der Waals surface area (Å²) in [7, 11) is 0. The van der Waals surface area contributed by atoms with Crippen molar-refractivity contribution < 1.29 is 14.2 Å². The van der Waals surface area contributed by atoms with Crippen LogP contribution < -0.4 is 9.47 Å². The van der Waals surface area contributed by atoms with Gasteiger partial charge >= 0.3 is 0 Å². The number of fused-ring (bicyclic) bond motifs is 1. The van der Waals surface area contributed by atoms with Crippen molar-refractivity contribution in [1.29, 1.82) is 0 Å². The lowest BCUT2D eigenvalue weighted by Crippen LogP contribution is -2.44. The highest BCUT2D eigenvalue weighted by Crippen LogP contribution is 2.33. The molecular formula is C14H19NO3. The molecule has 0 amide bonds. The zero-order valence-electron chi connectivity index (χ0n) is 10.9. The third kappa shape index (κ3) is 2.44. The van der Waals surface area contributed by atoms with E-state index >= 15 is 0 Å². The third-order valence-corrected chi connectivity index (χ3v) is 3.34. The molecule has 0 saturated carbocycles. The van der Waals surface area contributed by atoms with E-state index in [9.17, 15) is 0 Å². The SMILES string of the molecule is CC1CN(Cc2ccc3c(c2)OCO3)CC(C)O1. The summed E-state index contributed by atoms with van der Waals surface area (Å²) in [6.45, 7) is 7.50. The van der Waals surface area contributed by atoms with E-state index in [4.69, 9.17) is 14.2 Å². The van der Waals surface area contributed by atoms with Gasteiger partial charge in [-0.15, -0.1) is 0 Å². The Hall–Kier alpha value is -1.26. The van der Waals surface area contributed by atoms with Crippen molar-refractivity contribution in [2.45, 2.75) is 32.6 Å². The highest BCUT2D eigenvalue weighted by molar-refractivity contribution is 5.44. The molecule has 2 heterocycles. The Balaban J connectivity index is 1.69. The molecule has 0 bridgehead atoms. The molecule has 0 aliphatic carbocycles. The predicted molar refractivity (Wildman–Crippen MR) is 67.9 cm³/mol. The molecule has 0 spiro atoms. The van der Waals surface area contributed by atoms with Gasteiger partial charge in [-0.25, -0.2) is 0 Å². The summed E-state index contributed by atoms with van der Waals surface area (Å²) in [5, 5.41) is 0. The second kappa shape index (κ2) is 4.78. The maximum Gasteiger partial charge on any atom is 0.231 e. The molecule has 4 heteroatoms. The van der Waals surface area contributed by atoms with Crippen LogP contribution in [0.25, 0.3) is 0 Å². The lowest BCUT2D eigenvalue weighted by molar-refractivity contribution is -0.0704. The van der Waals surface area contributed by atoms with Crippen LogP contribution >= 0.6 is 0 Å². The first-order valence-corrected chi connectivity index (χ1v) is 6.47. The van der Waals surface area contributed by atoms with Gasteiger partial charge in [-0.1, -0.05) is 6.07 Å². The molecule has 2 unspecified atom stereocenters. The highest BCUT2D eigenvalue weighted by atomic mass is 16.7. The fourth-order valence-corrected chi connectivity index (χ4v) is 2.71. The molecule has 2 aliphatic rings. The lowest BCUT2D eigenvalue weighted by atomic mass is 10.1. The zero-order valence-corrected chi connectivity index (χ0v) is 10.9. The molecule has 0 N–H and O–H groups in total. The maximum atomic E-state index is 5.74.